The molecule has 0 aromatic heterocycles. The average molecular weight is 630 g/mol. The second-order valence-electron chi connectivity index (χ2n) is 13.1. The lowest BCUT2D eigenvalue weighted by Crippen LogP contribution is -2.56. The van der Waals surface area contributed by atoms with Gasteiger partial charge in [0, 0.05) is 38.0 Å². The van der Waals surface area contributed by atoms with Crippen molar-refractivity contribution >= 4 is 28.2 Å². The van der Waals surface area contributed by atoms with Gasteiger partial charge >= 0.3 is 12.1 Å². The highest BCUT2D eigenvalue weighted by Gasteiger charge is 2.60. The van der Waals surface area contributed by atoms with Crippen molar-refractivity contribution < 1.29 is 37.8 Å². The van der Waals surface area contributed by atoms with Gasteiger partial charge in [-0.2, -0.15) is 17.0 Å². The number of likely N-dealkylation sites (tertiary alicyclic amines) is 1. The number of carboxylic acids is 1. The summed E-state index contributed by atoms with van der Waals surface area (Å²) in [7, 11) is -2.13. The molecule has 3 aliphatic rings. The topological polar surface area (TPSA) is 169 Å². The number of aliphatic hydroxyl groups excluding tert-OH is 1. The number of carbonyl (C=O) groups excluding carboxylic acids is 2. The summed E-state index contributed by atoms with van der Waals surface area (Å²) in [6.45, 7) is 8.39. The number of unbranched alkanes of at least 4 members (excludes halogenated alkanes) is 3. The van der Waals surface area contributed by atoms with Crippen LogP contribution in [0.1, 0.15) is 79.1 Å². The summed E-state index contributed by atoms with van der Waals surface area (Å²) in [6, 6.07) is -0.639. The van der Waals surface area contributed by atoms with Crippen LogP contribution in [0.3, 0.4) is 0 Å². The van der Waals surface area contributed by atoms with Crippen molar-refractivity contribution in [3.63, 3.8) is 0 Å². The highest BCUT2D eigenvalue weighted by Crippen LogP contribution is 2.45. The Morgan fingerprint density at radius 3 is 2.51 bits per heavy atom. The predicted octanol–water partition coefficient (Wildman–Crippen LogP) is 1.89. The Labute approximate surface area is 256 Å². The van der Waals surface area contributed by atoms with E-state index in [1.807, 2.05) is 32.9 Å². The van der Waals surface area contributed by atoms with Crippen LogP contribution in [0.5, 0.6) is 0 Å². The summed E-state index contributed by atoms with van der Waals surface area (Å²) in [5, 5.41) is 26.3. The number of carbonyl (C=O) groups is 3. The predicted molar refractivity (Wildman–Crippen MR) is 161 cm³/mol. The van der Waals surface area contributed by atoms with Gasteiger partial charge in [0.2, 0.25) is 5.91 Å². The molecule has 3 rings (SSSR count). The minimum absolute atomic E-state index is 0.0101. The molecule has 0 bridgehead atoms. The van der Waals surface area contributed by atoms with Gasteiger partial charge in [-0.15, -0.1) is 0 Å². The van der Waals surface area contributed by atoms with Crippen LogP contribution >= 0.6 is 0 Å². The van der Waals surface area contributed by atoms with Gasteiger partial charge in [-0.05, 0) is 38.5 Å². The maximum Gasteiger partial charge on any atom is 0.407 e. The van der Waals surface area contributed by atoms with Crippen LogP contribution in [0, 0.1) is 11.3 Å². The number of nitrogens with zero attached hydrogens (tertiary/aromatic N) is 3. The van der Waals surface area contributed by atoms with Crippen molar-refractivity contribution in [2.75, 3.05) is 39.8 Å². The third-order valence-corrected chi connectivity index (χ3v) is 10.7. The van der Waals surface area contributed by atoms with E-state index in [1.165, 1.54) is 20.6 Å². The van der Waals surface area contributed by atoms with E-state index in [4.69, 9.17) is 4.74 Å². The molecule has 246 valence electrons. The van der Waals surface area contributed by atoms with Gasteiger partial charge in [0.15, 0.2) is 0 Å². The Hall–Kier alpha value is -2.26. The maximum atomic E-state index is 13.1. The van der Waals surface area contributed by atoms with Gasteiger partial charge in [-0.3, -0.25) is 14.9 Å². The van der Waals surface area contributed by atoms with Crippen LogP contribution in [-0.2, 0) is 24.5 Å². The van der Waals surface area contributed by atoms with Crippen LogP contribution in [0.25, 0.3) is 0 Å². The molecule has 0 aromatic rings. The monoisotopic (exact) mass is 629 g/mol. The van der Waals surface area contributed by atoms with Gasteiger partial charge < -0.3 is 25.2 Å². The Kier molecular flexibility index (Phi) is 12.0. The second-order valence-corrected chi connectivity index (χ2v) is 15.1. The van der Waals surface area contributed by atoms with Crippen molar-refractivity contribution in [3.8, 4) is 0 Å². The molecule has 14 heteroatoms. The number of rotatable bonds is 14. The molecule has 43 heavy (non-hydrogen) atoms. The SMILES string of the molecule is CCCCC/C=C\C1C[C@]1(NC(O)[C@@H]1CCCN1C(=O)CNC(=O)OC(CN1CCCN(C)S1(=O)=O)C(C)(C)C)C(=O)O. The average Bonchev–Trinajstić information content (AvgIpc) is 3.39. The van der Waals surface area contributed by atoms with Gasteiger partial charge in [0.05, 0.1) is 12.6 Å². The molecule has 4 N–H and O–H groups in total. The summed E-state index contributed by atoms with van der Waals surface area (Å²) in [6.07, 6.45) is 7.34. The minimum Gasteiger partial charge on any atom is -0.480 e. The Bertz CT molecular complexity index is 1130. The quantitative estimate of drug-likeness (QED) is 0.127. The third kappa shape index (κ3) is 8.90. The molecular weight excluding hydrogens is 578 g/mol. The maximum absolute atomic E-state index is 13.1. The van der Waals surface area contributed by atoms with E-state index in [0.29, 0.717) is 45.3 Å². The Balaban J connectivity index is 1.54. The van der Waals surface area contributed by atoms with E-state index in [1.54, 1.807) is 0 Å². The molecule has 2 saturated heterocycles. The highest BCUT2D eigenvalue weighted by molar-refractivity contribution is 7.86. The van der Waals surface area contributed by atoms with Crippen molar-refractivity contribution in [1.29, 1.82) is 0 Å². The first-order valence-corrected chi connectivity index (χ1v) is 16.8. The zero-order chi connectivity index (χ0) is 32.0. The largest absolute Gasteiger partial charge is 0.480 e. The summed E-state index contributed by atoms with van der Waals surface area (Å²) in [5.74, 6) is -1.70. The van der Waals surface area contributed by atoms with Crippen LogP contribution in [0.15, 0.2) is 12.2 Å². The first kappa shape index (κ1) is 35.2. The van der Waals surface area contributed by atoms with E-state index >= 15 is 0 Å². The van der Waals surface area contributed by atoms with Crippen LogP contribution < -0.4 is 10.6 Å². The number of alkyl carbamates (subject to hydrolysis) is 1. The molecule has 3 unspecified atom stereocenters. The van der Waals surface area contributed by atoms with Gasteiger partial charge in [-0.1, -0.05) is 52.7 Å². The number of hydrogen-bond donors (Lipinski definition) is 4. The Morgan fingerprint density at radius 2 is 1.86 bits per heavy atom. The fraction of sp³-hybridized carbons (Fsp3) is 0.828. The third-order valence-electron chi connectivity index (χ3n) is 8.70. The standard InChI is InChI=1S/C29H51N5O8S/c1-6-7-8-9-10-13-21-18-29(21,26(37)38)31-25(36)22-14-11-17-34(22)24(35)19-30-27(39)42-23(28(2,3)4)20-33-16-12-15-32(5)43(33,40)41/h10,13,21-23,25,31,36H,6-9,11-12,14-20H2,1-5H3,(H,30,39)(H,37,38)/b13-10-/t21?,22-,23?,25?,29+/m0/s1. The molecule has 0 spiro atoms. The number of aliphatic hydroxyl groups is 1. The number of carboxylic acid groups (broad SMARTS) is 1. The lowest BCUT2D eigenvalue weighted by Gasteiger charge is -2.38. The van der Waals surface area contributed by atoms with E-state index in [9.17, 15) is 33.0 Å². The van der Waals surface area contributed by atoms with Gasteiger partial charge in [-0.25, -0.2) is 4.79 Å². The number of amides is 2. The summed E-state index contributed by atoms with van der Waals surface area (Å²) < 4.78 is 33.6. The number of allylic oxidation sites excluding steroid dienone is 1. The summed E-state index contributed by atoms with van der Waals surface area (Å²) in [4.78, 5) is 39.4. The van der Waals surface area contributed by atoms with Crippen molar-refractivity contribution in [1.82, 2.24) is 24.1 Å². The first-order valence-electron chi connectivity index (χ1n) is 15.4. The van der Waals surface area contributed by atoms with Crippen molar-refractivity contribution in [2.45, 2.75) is 103 Å². The second kappa shape index (κ2) is 14.7. The smallest absolute Gasteiger partial charge is 0.407 e. The highest BCUT2D eigenvalue weighted by atomic mass is 32.2. The molecule has 5 atom stereocenters. The van der Waals surface area contributed by atoms with Crippen LogP contribution in [0.2, 0.25) is 0 Å². The van der Waals surface area contributed by atoms with Crippen LogP contribution in [0.4, 0.5) is 4.79 Å². The molecule has 3 fully saturated rings. The molecule has 2 aliphatic heterocycles. The number of aliphatic carboxylic acids is 1. The molecular formula is C29H51N5O8S. The fourth-order valence-corrected chi connectivity index (χ4v) is 7.17. The summed E-state index contributed by atoms with van der Waals surface area (Å²) >= 11 is 0. The van der Waals surface area contributed by atoms with Crippen molar-refractivity contribution in [2.24, 2.45) is 11.3 Å². The number of nitrogens with one attached hydrogen (secondary N) is 2. The molecule has 0 radical (unpaired) electrons. The Morgan fingerprint density at radius 1 is 1.14 bits per heavy atom. The fourth-order valence-electron chi connectivity index (χ4n) is 5.73. The first-order chi connectivity index (χ1) is 20.1. The van der Waals surface area contributed by atoms with E-state index < -0.39 is 57.5 Å². The molecule has 0 aromatic carbocycles. The molecule has 1 aliphatic carbocycles. The normalized spacial score (nSPS) is 27.6. The van der Waals surface area contributed by atoms with Crippen molar-refractivity contribution in [3.05, 3.63) is 12.2 Å². The lowest BCUT2D eigenvalue weighted by atomic mass is 9.89. The molecule has 2 amide bonds. The van der Waals surface area contributed by atoms with Gasteiger partial charge in [0.1, 0.15) is 24.4 Å². The number of hydrogen-bond acceptors (Lipinski definition) is 8. The zero-order valence-electron chi connectivity index (χ0n) is 26.3. The van der Waals surface area contributed by atoms with Crippen LogP contribution in [-0.4, -0.2) is 114 Å². The molecule has 1 saturated carbocycles. The van der Waals surface area contributed by atoms with E-state index in [2.05, 4.69) is 17.6 Å². The minimum atomic E-state index is -3.65. The number of ether oxygens (including phenoxy) is 1. The van der Waals surface area contributed by atoms with E-state index in [-0.39, 0.29) is 19.0 Å². The van der Waals surface area contributed by atoms with Gasteiger partial charge in [0.25, 0.3) is 10.2 Å². The molecule has 13 nitrogen and oxygen atoms in total. The van der Waals surface area contributed by atoms with E-state index in [0.717, 1.165) is 25.7 Å². The molecule has 2 heterocycles. The summed E-state index contributed by atoms with van der Waals surface area (Å²) in [5.41, 5.74) is -1.84. The zero-order valence-corrected chi connectivity index (χ0v) is 27.1. The lowest BCUT2D eigenvalue weighted by molar-refractivity contribution is -0.143.